The van der Waals surface area contributed by atoms with Gasteiger partial charge in [0.15, 0.2) is 6.23 Å². The maximum absolute atomic E-state index is 5.36. The summed E-state index contributed by atoms with van der Waals surface area (Å²) < 4.78 is 0. The molecule has 0 fully saturated rings. The predicted molar refractivity (Wildman–Crippen MR) is 48.0 cm³/mol. The minimum atomic E-state index is -0.0646. The number of hydrogen-bond acceptors (Lipinski definition) is 3. The largest absolute Gasteiger partial charge is 0.241 e. The summed E-state index contributed by atoms with van der Waals surface area (Å²) >= 11 is 0. The van der Waals surface area contributed by atoms with Crippen LogP contribution in [0.2, 0.25) is 0 Å². The molecule has 3 nitrogen and oxygen atoms in total. The molecule has 1 heterocycles. The number of hydroxylamine groups is 1. The van der Waals surface area contributed by atoms with Crippen LogP contribution in [-0.2, 0) is 4.84 Å². The van der Waals surface area contributed by atoms with Crippen molar-refractivity contribution in [2.24, 2.45) is 4.99 Å². The second kappa shape index (κ2) is 2.95. The van der Waals surface area contributed by atoms with Gasteiger partial charge in [-0.3, -0.25) is 0 Å². The Morgan fingerprint density at radius 1 is 1.33 bits per heavy atom. The van der Waals surface area contributed by atoms with E-state index < -0.39 is 0 Å². The van der Waals surface area contributed by atoms with E-state index in [0.717, 1.165) is 5.69 Å². The minimum Gasteiger partial charge on any atom is -0.241 e. The molecule has 0 saturated heterocycles. The molecule has 1 aliphatic heterocycles. The first kappa shape index (κ1) is 7.31. The Kier molecular flexibility index (Phi) is 1.80. The number of anilines is 1. The molecule has 1 aliphatic rings. The lowest BCUT2D eigenvalue weighted by molar-refractivity contribution is 0.101. The molecule has 0 aromatic heterocycles. The molecule has 0 spiro atoms. The van der Waals surface area contributed by atoms with Gasteiger partial charge in [-0.15, -0.1) is 0 Å². The number of nitrogens with zero attached hydrogens (tertiary/aromatic N) is 2. The van der Waals surface area contributed by atoms with Crippen LogP contribution in [0.3, 0.4) is 0 Å². The molecule has 0 amide bonds. The van der Waals surface area contributed by atoms with Gasteiger partial charge in [0.25, 0.3) is 0 Å². The fourth-order valence-corrected chi connectivity index (χ4v) is 1.08. The summed E-state index contributed by atoms with van der Waals surface area (Å²) in [5, 5.41) is 1.67. The quantitative estimate of drug-likeness (QED) is 0.629. The highest BCUT2D eigenvalue weighted by atomic mass is 16.7. The van der Waals surface area contributed by atoms with Gasteiger partial charge in [-0.1, -0.05) is 18.2 Å². The molecule has 1 unspecified atom stereocenters. The van der Waals surface area contributed by atoms with E-state index in [1.807, 2.05) is 37.3 Å². The average molecular weight is 162 g/mol. The van der Waals surface area contributed by atoms with Crippen molar-refractivity contribution >= 4 is 12.0 Å². The molecule has 1 aromatic rings. The SMILES string of the molecule is CC1N=CN(c2ccccc2)O1. The molecule has 0 bridgehead atoms. The Balaban J connectivity index is 2.18. The highest BCUT2D eigenvalue weighted by molar-refractivity contribution is 5.77. The smallest absolute Gasteiger partial charge is 0.174 e. The lowest BCUT2D eigenvalue weighted by atomic mass is 10.3. The van der Waals surface area contributed by atoms with E-state index in [-0.39, 0.29) is 6.23 Å². The molecule has 0 aliphatic carbocycles. The highest BCUT2D eigenvalue weighted by Crippen LogP contribution is 2.16. The lowest BCUT2D eigenvalue weighted by Crippen LogP contribution is -2.17. The summed E-state index contributed by atoms with van der Waals surface area (Å²) in [4.78, 5) is 9.43. The summed E-state index contributed by atoms with van der Waals surface area (Å²) in [5.41, 5.74) is 1.01. The zero-order valence-corrected chi connectivity index (χ0v) is 6.84. The molecule has 0 radical (unpaired) electrons. The van der Waals surface area contributed by atoms with Gasteiger partial charge >= 0.3 is 0 Å². The van der Waals surface area contributed by atoms with Crippen molar-refractivity contribution in [3.8, 4) is 0 Å². The van der Waals surface area contributed by atoms with Crippen LogP contribution >= 0.6 is 0 Å². The summed E-state index contributed by atoms with van der Waals surface area (Å²) in [6, 6.07) is 9.86. The molecule has 3 heteroatoms. The van der Waals surface area contributed by atoms with E-state index in [2.05, 4.69) is 4.99 Å². The van der Waals surface area contributed by atoms with Crippen LogP contribution in [0.15, 0.2) is 35.3 Å². The average Bonchev–Trinajstić information content (AvgIpc) is 2.54. The summed E-state index contributed by atoms with van der Waals surface area (Å²) in [6.07, 6.45) is 1.63. The van der Waals surface area contributed by atoms with E-state index in [9.17, 15) is 0 Å². The number of benzene rings is 1. The third kappa shape index (κ3) is 1.31. The highest BCUT2D eigenvalue weighted by Gasteiger charge is 2.13. The van der Waals surface area contributed by atoms with Crippen molar-refractivity contribution in [2.75, 3.05) is 5.06 Å². The Labute approximate surface area is 71.2 Å². The monoisotopic (exact) mass is 162 g/mol. The van der Waals surface area contributed by atoms with E-state index in [4.69, 9.17) is 4.84 Å². The van der Waals surface area contributed by atoms with Crippen LogP contribution in [-0.4, -0.2) is 12.6 Å². The van der Waals surface area contributed by atoms with Crippen LogP contribution in [0.4, 0.5) is 5.69 Å². The molecule has 1 aromatic carbocycles. The van der Waals surface area contributed by atoms with E-state index >= 15 is 0 Å². The topological polar surface area (TPSA) is 24.8 Å². The van der Waals surface area contributed by atoms with Crippen molar-refractivity contribution in [1.29, 1.82) is 0 Å². The molecule has 0 saturated carbocycles. The van der Waals surface area contributed by atoms with Crippen LogP contribution in [0.5, 0.6) is 0 Å². The van der Waals surface area contributed by atoms with Crippen molar-refractivity contribution in [3.05, 3.63) is 30.3 Å². The summed E-state index contributed by atoms with van der Waals surface area (Å²) in [7, 11) is 0. The first-order chi connectivity index (χ1) is 5.86. The predicted octanol–water partition coefficient (Wildman–Crippen LogP) is 1.81. The molecule has 62 valence electrons. The Hall–Kier alpha value is -1.35. The summed E-state index contributed by atoms with van der Waals surface area (Å²) in [6.45, 7) is 1.90. The van der Waals surface area contributed by atoms with E-state index in [1.54, 1.807) is 11.4 Å². The number of hydrogen-bond donors (Lipinski definition) is 0. The van der Waals surface area contributed by atoms with Crippen molar-refractivity contribution in [3.63, 3.8) is 0 Å². The fourth-order valence-electron chi connectivity index (χ4n) is 1.08. The Morgan fingerprint density at radius 2 is 2.08 bits per heavy atom. The third-order valence-electron chi connectivity index (χ3n) is 1.66. The van der Waals surface area contributed by atoms with Crippen molar-refractivity contribution < 1.29 is 4.84 Å². The van der Waals surface area contributed by atoms with Crippen LogP contribution in [0, 0.1) is 0 Å². The zero-order valence-electron chi connectivity index (χ0n) is 6.84. The first-order valence-corrected chi connectivity index (χ1v) is 3.90. The zero-order chi connectivity index (χ0) is 8.39. The Bertz CT molecular complexity index is 284. The van der Waals surface area contributed by atoms with Crippen LogP contribution in [0.1, 0.15) is 6.92 Å². The number of para-hydroxylation sites is 1. The van der Waals surface area contributed by atoms with Gasteiger partial charge in [0.05, 0.1) is 5.69 Å². The maximum atomic E-state index is 5.36. The fraction of sp³-hybridized carbons (Fsp3) is 0.222. The van der Waals surface area contributed by atoms with Gasteiger partial charge in [-0.2, -0.15) is 0 Å². The van der Waals surface area contributed by atoms with Crippen molar-refractivity contribution in [2.45, 2.75) is 13.2 Å². The second-order valence-corrected chi connectivity index (χ2v) is 2.63. The van der Waals surface area contributed by atoms with E-state index in [0.29, 0.717) is 0 Å². The minimum absolute atomic E-state index is 0.0646. The van der Waals surface area contributed by atoms with Gasteiger partial charge < -0.3 is 0 Å². The third-order valence-corrected chi connectivity index (χ3v) is 1.66. The van der Waals surface area contributed by atoms with Gasteiger partial charge in [-0.25, -0.2) is 14.9 Å². The normalized spacial score (nSPS) is 21.8. The molecule has 12 heavy (non-hydrogen) atoms. The van der Waals surface area contributed by atoms with Gasteiger partial charge in [-0.05, 0) is 19.1 Å². The van der Waals surface area contributed by atoms with Crippen LogP contribution in [0.25, 0.3) is 0 Å². The van der Waals surface area contributed by atoms with Gasteiger partial charge in [0.2, 0.25) is 0 Å². The first-order valence-electron chi connectivity index (χ1n) is 3.90. The molecular formula is C9H10N2O. The standard InChI is InChI=1S/C9H10N2O/c1-8-10-7-11(12-8)9-5-3-2-4-6-9/h2-8H,1H3. The van der Waals surface area contributed by atoms with E-state index in [1.165, 1.54) is 0 Å². The van der Waals surface area contributed by atoms with Crippen LogP contribution < -0.4 is 5.06 Å². The molecule has 0 N–H and O–H groups in total. The van der Waals surface area contributed by atoms with Crippen molar-refractivity contribution in [1.82, 2.24) is 0 Å². The molecule has 1 atom stereocenters. The number of rotatable bonds is 1. The second-order valence-electron chi connectivity index (χ2n) is 2.63. The summed E-state index contributed by atoms with van der Waals surface area (Å²) in [5.74, 6) is 0. The maximum Gasteiger partial charge on any atom is 0.174 e. The lowest BCUT2D eigenvalue weighted by Gasteiger charge is -2.13. The van der Waals surface area contributed by atoms with Gasteiger partial charge in [0.1, 0.15) is 6.34 Å². The van der Waals surface area contributed by atoms with Gasteiger partial charge in [0, 0.05) is 0 Å². The Morgan fingerprint density at radius 3 is 2.67 bits per heavy atom. The molecule has 2 rings (SSSR count). The molecular weight excluding hydrogens is 152 g/mol. The number of aliphatic imine (C=N–C) groups is 1.